The summed E-state index contributed by atoms with van der Waals surface area (Å²) in [5.41, 5.74) is 1.78. The third-order valence-corrected chi connectivity index (χ3v) is 3.08. The molecule has 1 rings (SSSR count). The van der Waals surface area contributed by atoms with Crippen molar-refractivity contribution in [3.05, 3.63) is 47.8 Å². The average molecular weight is 320 g/mol. The Labute approximate surface area is 137 Å². The first-order chi connectivity index (χ1) is 10.8. The van der Waals surface area contributed by atoms with E-state index >= 15 is 0 Å². The Balaban J connectivity index is 2.82. The molecule has 0 aromatic heterocycles. The van der Waals surface area contributed by atoms with Crippen molar-refractivity contribution >= 4 is 11.9 Å². The van der Waals surface area contributed by atoms with E-state index < -0.39 is 0 Å². The highest BCUT2D eigenvalue weighted by Gasteiger charge is 2.10. The van der Waals surface area contributed by atoms with Gasteiger partial charge in [-0.1, -0.05) is 24.3 Å². The van der Waals surface area contributed by atoms with Crippen molar-refractivity contribution in [1.29, 1.82) is 0 Å². The fraction of sp³-hybridized carbons (Fsp3) is 0.412. The predicted molar refractivity (Wildman–Crippen MR) is 91.7 cm³/mol. The Kier molecular flexibility index (Phi) is 7.25. The number of halogens is 1. The molecule has 0 fully saturated rings. The summed E-state index contributed by atoms with van der Waals surface area (Å²) >= 11 is 0. The highest BCUT2D eigenvalue weighted by atomic mass is 19.1. The highest BCUT2D eigenvalue weighted by Crippen LogP contribution is 2.06. The second kappa shape index (κ2) is 8.92. The number of carbonyl (C=O) groups excluding carboxylic acids is 1. The molecular formula is C17H25FN4O. The van der Waals surface area contributed by atoms with Gasteiger partial charge in [-0.2, -0.15) is 0 Å². The van der Waals surface area contributed by atoms with Crippen molar-refractivity contribution in [2.45, 2.75) is 13.5 Å². The van der Waals surface area contributed by atoms with Crippen LogP contribution in [0.2, 0.25) is 0 Å². The van der Waals surface area contributed by atoms with Crippen molar-refractivity contribution in [1.82, 2.24) is 15.1 Å². The van der Waals surface area contributed by atoms with Crippen LogP contribution >= 0.6 is 0 Å². The van der Waals surface area contributed by atoms with Crippen molar-refractivity contribution in [3.8, 4) is 0 Å². The van der Waals surface area contributed by atoms with Crippen LogP contribution in [0.15, 0.2) is 41.4 Å². The number of aliphatic imine (C=N–C) groups is 1. The molecule has 0 aliphatic heterocycles. The van der Waals surface area contributed by atoms with E-state index in [-0.39, 0.29) is 18.3 Å². The summed E-state index contributed by atoms with van der Waals surface area (Å²) in [6.45, 7) is 6.84. The van der Waals surface area contributed by atoms with Crippen LogP contribution in [0.4, 0.5) is 4.39 Å². The fourth-order valence-corrected chi connectivity index (χ4v) is 1.81. The maximum absolute atomic E-state index is 13.3. The van der Waals surface area contributed by atoms with Gasteiger partial charge in [0.1, 0.15) is 12.4 Å². The third-order valence-electron chi connectivity index (χ3n) is 3.08. The van der Waals surface area contributed by atoms with E-state index in [1.54, 1.807) is 20.2 Å². The number of guanidine groups is 1. The number of carbonyl (C=O) groups is 1. The van der Waals surface area contributed by atoms with Gasteiger partial charge in [-0.3, -0.25) is 4.79 Å². The number of likely N-dealkylation sites (N-methyl/N-ethyl adjacent to an activating group) is 1. The molecule has 0 saturated heterocycles. The molecule has 1 N–H and O–H groups in total. The largest absolute Gasteiger partial charge is 0.353 e. The molecule has 1 aromatic rings. The first kappa shape index (κ1) is 18.7. The Morgan fingerprint density at radius 2 is 2.04 bits per heavy atom. The smallest absolute Gasteiger partial charge is 0.243 e. The normalized spacial score (nSPS) is 11.1. The van der Waals surface area contributed by atoms with Gasteiger partial charge in [0.25, 0.3) is 0 Å². The van der Waals surface area contributed by atoms with Gasteiger partial charge in [-0.05, 0) is 24.6 Å². The monoisotopic (exact) mass is 320 g/mol. The van der Waals surface area contributed by atoms with Gasteiger partial charge in [-0.15, -0.1) is 0 Å². The zero-order valence-corrected chi connectivity index (χ0v) is 14.3. The van der Waals surface area contributed by atoms with Crippen LogP contribution in [0.1, 0.15) is 12.5 Å². The van der Waals surface area contributed by atoms with Crippen LogP contribution in [0, 0.1) is 5.82 Å². The molecule has 0 heterocycles. The van der Waals surface area contributed by atoms with Crippen LogP contribution in [-0.2, 0) is 11.3 Å². The van der Waals surface area contributed by atoms with Gasteiger partial charge in [0.2, 0.25) is 5.91 Å². The van der Waals surface area contributed by atoms with Crippen molar-refractivity contribution in [2.24, 2.45) is 4.99 Å². The number of rotatable bonds is 6. The van der Waals surface area contributed by atoms with E-state index in [4.69, 9.17) is 0 Å². The molecule has 1 amide bonds. The minimum absolute atomic E-state index is 0.0546. The number of benzene rings is 1. The predicted octanol–water partition coefficient (Wildman–Crippen LogP) is 1.87. The minimum Gasteiger partial charge on any atom is -0.353 e. The Hall–Kier alpha value is -2.37. The number of hydrogen-bond donors (Lipinski definition) is 1. The molecule has 6 heteroatoms. The minimum atomic E-state index is -0.271. The van der Waals surface area contributed by atoms with E-state index in [1.807, 2.05) is 24.9 Å². The molecule has 0 aliphatic rings. The van der Waals surface area contributed by atoms with Gasteiger partial charge >= 0.3 is 0 Å². The molecule has 23 heavy (non-hydrogen) atoms. The van der Waals surface area contributed by atoms with Gasteiger partial charge in [-0.25, -0.2) is 9.38 Å². The van der Waals surface area contributed by atoms with Crippen molar-refractivity contribution in [2.75, 3.05) is 34.2 Å². The molecule has 0 radical (unpaired) electrons. The number of hydrogen-bond acceptors (Lipinski definition) is 2. The zero-order valence-electron chi connectivity index (χ0n) is 14.3. The molecule has 0 atom stereocenters. The van der Waals surface area contributed by atoms with Gasteiger partial charge in [0.15, 0.2) is 5.96 Å². The van der Waals surface area contributed by atoms with E-state index in [2.05, 4.69) is 16.9 Å². The molecule has 0 bridgehead atoms. The zero-order chi connectivity index (χ0) is 17.4. The number of nitrogens with zero attached hydrogens (tertiary/aromatic N) is 3. The molecule has 0 aliphatic carbocycles. The van der Waals surface area contributed by atoms with Crippen LogP contribution < -0.4 is 5.32 Å². The summed E-state index contributed by atoms with van der Waals surface area (Å²) in [6, 6.07) is 6.42. The maximum atomic E-state index is 13.3. The van der Waals surface area contributed by atoms with Gasteiger partial charge in [0, 0.05) is 34.2 Å². The summed E-state index contributed by atoms with van der Waals surface area (Å²) in [4.78, 5) is 19.4. The quantitative estimate of drug-likeness (QED) is 0.494. The standard InChI is InChI=1S/C17H25FN4O/c1-13(2)10-19-17(20-11-16(23)21(3)4)22(5)12-14-7-6-8-15(18)9-14/h6-9H,1,10-12H2,2-5H3,(H,19,20). The summed E-state index contributed by atoms with van der Waals surface area (Å²) in [5, 5.41) is 3.16. The van der Waals surface area contributed by atoms with Gasteiger partial charge in [0.05, 0.1) is 0 Å². The SMILES string of the molecule is C=C(C)CNC(=NCC(=O)N(C)C)N(C)Cc1cccc(F)c1. The first-order valence-electron chi connectivity index (χ1n) is 7.38. The summed E-state index contributed by atoms with van der Waals surface area (Å²) in [5.74, 6) is 0.221. The lowest BCUT2D eigenvalue weighted by atomic mass is 10.2. The third kappa shape index (κ3) is 6.95. The van der Waals surface area contributed by atoms with Crippen LogP contribution in [0.3, 0.4) is 0 Å². The lowest BCUT2D eigenvalue weighted by molar-refractivity contribution is -0.127. The van der Waals surface area contributed by atoms with E-state index in [9.17, 15) is 9.18 Å². The summed E-state index contributed by atoms with van der Waals surface area (Å²) in [6.07, 6.45) is 0. The van der Waals surface area contributed by atoms with Gasteiger partial charge < -0.3 is 15.1 Å². The van der Waals surface area contributed by atoms with Crippen LogP contribution in [0.25, 0.3) is 0 Å². The molecule has 1 aromatic carbocycles. The number of nitrogens with one attached hydrogen (secondary N) is 1. The molecule has 0 saturated carbocycles. The summed E-state index contributed by atoms with van der Waals surface area (Å²) in [7, 11) is 5.22. The first-order valence-corrected chi connectivity index (χ1v) is 7.38. The molecule has 0 spiro atoms. The molecule has 5 nitrogen and oxygen atoms in total. The van der Waals surface area contributed by atoms with Crippen molar-refractivity contribution < 1.29 is 9.18 Å². The lowest BCUT2D eigenvalue weighted by Crippen LogP contribution is -2.40. The maximum Gasteiger partial charge on any atom is 0.243 e. The number of amides is 1. The molecule has 0 unspecified atom stereocenters. The second-order valence-corrected chi connectivity index (χ2v) is 5.72. The van der Waals surface area contributed by atoms with E-state index in [1.165, 1.54) is 17.0 Å². The van der Waals surface area contributed by atoms with E-state index in [0.717, 1.165) is 11.1 Å². The van der Waals surface area contributed by atoms with Crippen molar-refractivity contribution in [3.63, 3.8) is 0 Å². The lowest BCUT2D eigenvalue weighted by Gasteiger charge is -2.23. The fourth-order valence-electron chi connectivity index (χ4n) is 1.81. The van der Waals surface area contributed by atoms with Crippen LogP contribution in [0.5, 0.6) is 0 Å². The van der Waals surface area contributed by atoms with Crippen LogP contribution in [-0.4, -0.2) is 55.9 Å². The topological polar surface area (TPSA) is 47.9 Å². The Morgan fingerprint density at radius 3 is 2.61 bits per heavy atom. The highest BCUT2D eigenvalue weighted by molar-refractivity contribution is 5.84. The Morgan fingerprint density at radius 1 is 1.35 bits per heavy atom. The average Bonchev–Trinajstić information content (AvgIpc) is 2.46. The summed E-state index contributed by atoms with van der Waals surface area (Å²) < 4.78 is 13.3. The molecular weight excluding hydrogens is 295 g/mol. The Bertz CT molecular complexity index is 584. The second-order valence-electron chi connectivity index (χ2n) is 5.72. The molecule has 126 valence electrons. The van der Waals surface area contributed by atoms with E-state index in [0.29, 0.717) is 19.0 Å².